The lowest BCUT2D eigenvalue weighted by Crippen LogP contribution is -2.16. The molecule has 60 heavy (non-hydrogen) atoms. The minimum atomic E-state index is -0.149. The Kier molecular flexibility index (Phi) is 7.54. The summed E-state index contributed by atoms with van der Waals surface area (Å²) in [5.41, 5.74) is 16.5. The molecule has 0 unspecified atom stereocenters. The van der Waals surface area contributed by atoms with Gasteiger partial charge < -0.3 is 13.9 Å². The first kappa shape index (κ1) is 34.4. The third kappa shape index (κ3) is 5.20. The number of benzene rings is 9. The van der Waals surface area contributed by atoms with E-state index in [0.717, 1.165) is 50.5 Å². The predicted molar refractivity (Wildman–Crippen MR) is 249 cm³/mol. The van der Waals surface area contributed by atoms with Gasteiger partial charge in [-0.05, 0) is 105 Å². The molecule has 0 fully saturated rings. The number of anilines is 3. The number of fused-ring (bicyclic) bond motifs is 9. The lowest BCUT2D eigenvalue weighted by molar-refractivity contribution is 0.620. The first-order valence-electron chi connectivity index (χ1n) is 20.6. The van der Waals surface area contributed by atoms with Crippen molar-refractivity contribution in [3.8, 4) is 39.4 Å². The molecule has 12 rings (SSSR count). The van der Waals surface area contributed by atoms with E-state index in [2.05, 4.69) is 187 Å². The molecule has 4 nitrogen and oxygen atoms in total. The van der Waals surface area contributed by atoms with Gasteiger partial charge in [-0.3, -0.25) is 0 Å². The number of para-hydroxylation sites is 2. The van der Waals surface area contributed by atoms with Crippen LogP contribution in [0.3, 0.4) is 0 Å². The molecule has 4 heteroatoms. The Balaban J connectivity index is 1.02. The van der Waals surface area contributed by atoms with Crippen LogP contribution in [0.5, 0.6) is 0 Å². The molecule has 11 aromatic rings. The van der Waals surface area contributed by atoms with Crippen LogP contribution >= 0.6 is 0 Å². The van der Waals surface area contributed by atoms with Crippen molar-refractivity contribution in [1.29, 1.82) is 0 Å². The maximum absolute atomic E-state index is 6.67. The van der Waals surface area contributed by atoms with Crippen molar-refractivity contribution in [2.24, 2.45) is 0 Å². The van der Waals surface area contributed by atoms with Crippen LogP contribution in [0.15, 0.2) is 205 Å². The number of oxazole rings is 1. The Labute approximate surface area is 348 Å². The fraction of sp³-hybridized carbons (Fsp3) is 0.0536. The van der Waals surface area contributed by atoms with Crippen LogP contribution in [0.25, 0.3) is 83.1 Å². The van der Waals surface area contributed by atoms with E-state index in [0.29, 0.717) is 5.89 Å². The molecule has 0 spiro atoms. The Morgan fingerprint density at radius 2 is 1.20 bits per heavy atom. The number of nitrogens with zero attached hydrogens (tertiary/aromatic N) is 3. The second-order valence-electron chi connectivity index (χ2n) is 16.4. The van der Waals surface area contributed by atoms with Gasteiger partial charge in [0.25, 0.3) is 0 Å². The first-order valence-corrected chi connectivity index (χ1v) is 20.6. The fourth-order valence-corrected chi connectivity index (χ4v) is 9.68. The highest BCUT2D eigenvalue weighted by atomic mass is 16.3. The van der Waals surface area contributed by atoms with E-state index >= 15 is 0 Å². The second-order valence-corrected chi connectivity index (χ2v) is 16.4. The van der Waals surface area contributed by atoms with Crippen molar-refractivity contribution in [1.82, 2.24) is 9.55 Å². The zero-order valence-electron chi connectivity index (χ0n) is 33.3. The predicted octanol–water partition coefficient (Wildman–Crippen LogP) is 15.2. The summed E-state index contributed by atoms with van der Waals surface area (Å²) < 4.78 is 9.10. The van der Waals surface area contributed by atoms with Crippen LogP contribution in [0.2, 0.25) is 0 Å². The number of rotatable bonds is 6. The molecular formula is C56H39N3O. The van der Waals surface area contributed by atoms with Crippen molar-refractivity contribution >= 4 is 60.7 Å². The van der Waals surface area contributed by atoms with E-state index in [4.69, 9.17) is 9.40 Å². The number of aromatic nitrogens is 2. The Bertz CT molecular complexity index is 3450. The minimum Gasteiger partial charge on any atom is -0.434 e. The first-order chi connectivity index (χ1) is 29.5. The minimum absolute atomic E-state index is 0.149. The zero-order valence-corrected chi connectivity index (χ0v) is 33.3. The smallest absolute Gasteiger partial charge is 0.227 e. The maximum atomic E-state index is 6.67. The summed E-state index contributed by atoms with van der Waals surface area (Å²) in [6.45, 7) is 4.67. The van der Waals surface area contributed by atoms with Gasteiger partial charge in [0.15, 0.2) is 5.58 Å². The van der Waals surface area contributed by atoms with Crippen LogP contribution in [0, 0.1) is 0 Å². The van der Waals surface area contributed by atoms with Crippen molar-refractivity contribution < 1.29 is 4.42 Å². The molecule has 2 heterocycles. The Morgan fingerprint density at radius 3 is 2.05 bits per heavy atom. The summed E-state index contributed by atoms with van der Waals surface area (Å²) in [6, 6.07) is 71.9. The molecule has 0 bridgehead atoms. The molecule has 284 valence electrons. The van der Waals surface area contributed by atoms with E-state index in [-0.39, 0.29) is 5.41 Å². The third-order valence-corrected chi connectivity index (χ3v) is 12.6. The highest BCUT2D eigenvalue weighted by Gasteiger charge is 2.36. The molecule has 1 aliphatic rings. The molecule has 0 N–H and O–H groups in total. The standard InChI is InChI=1S/C56H39N3O/c1-56(2)48-21-12-11-20-44(48)45-33-30-42(35-49(45)56)58(51-23-13-22-50-54(51)60-55(57-50)38-15-5-3-6-16-38)41-28-24-36(25-29-41)39-27-31-46-47-32-26-37-14-9-10-19-43(37)53(47)59(52(46)34-39)40-17-7-4-8-18-40/h3-35H,1-2H3. The summed E-state index contributed by atoms with van der Waals surface area (Å²) in [5, 5.41) is 4.97. The van der Waals surface area contributed by atoms with Gasteiger partial charge in [0.2, 0.25) is 5.89 Å². The van der Waals surface area contributed by atoms with Gasteiger partial charge in [0, 0.05) is 44.2 Å². The summed E-state index contributed by atoms with van der Waals surface area (Å²) in [7, 11) is 0. The lowest BCUT2D eigenvalue weighted by Gasteiger charge is -2.28. The zero-order chi connectivity index (χ0) is 40.0. The highest BCUT2D eigenvalue weighted by Crippen LogP contribution is 2.51. The monoisotopic (exact) mass is 769 g/mol. The van der Waals surface area contributed by atoms with Gasteiger partial charge in [-0.1, -0.05) is 147 Å². The molecule has 0 atom stereocenters. The van der Waals surface area contributed by atoms with E-state index in [9.17, 15) is 0 Å². The molecule has 0 aliphatic heterocycles. The van der Waals surface area contributed by atoms with Gasteiger partial charge in [-0.25, -0.2) is 4.98 Å². The Morgan fingerprint density at radius 1 is 0.500 bits per heavy atom. The summed E-state index contributed by atoms with van der Waals surface area (Å²) in [6.07, 6.45) is 0. The second kappa shape index (κ2) is 13.2. The average molecular weight is 770 g/mol. The fourth-order valence-electron chi connectivity index (χ4n) is 9.68. The van der Waals surface area contributed by atoms with Crippen LogP contribution in [-0.4, -0.2) is 9.55 Å². The molecule has 0 saturated carbocycles. The van der Waals surface area contributed by atoms with Gasteiger partial charge in [-0.2, -0.15) is 0 Å². The van der Waals surface area contributed by atoms with Crippen LogP contribution in [-0.2, 0) is 5.41 Å². The van der Waals surface area contributed by atoms with Crippen molar-refractivity contribution in [3.63, 3.8) is 0 Å². The molecule has 1 aliphatic carbocycles. The summed E-state index contributed by atoms with van der Waals surface area (Å²) in [4.78, 5) is 7.29. The van der Waals surface area contributed by atoms with Crippen LogP contribution < -0.4 is 4.90 Å². The maximum Gasteiger partial charge on any atom is 0.227 e. The lowest BCUT2D eigenvalue weighted by atomic mass is 9.82. The molecule has 0 saturated heterocycles. The quantitative estimate of drug-likeness (QED) is 0.169. The van der Waals surface area contributed by atoms with E-state index in [1.807, 2.05) is 36.4 Å². The molecule has 9 aromatic carbocycles. The molecule has 0 amide bonds. The molecule has 2 aromatic heterocycles. The highest BCUT2D eigenvalue weighted by molar-refractivity contribution is 6.19. The third-order valence-electron chi connectivity index (χ3n) is 12.6. The van der Waals surface area contributed by atoms with Crippen LogP contribution in [0.4, 0.5) is 17.1 Å². The molecular weight excluding hydrogens is 731 g/mol. The van der Waals surface area contributed by atoms with E-state index < -0.39 is 0 Å². The Hall–Kier alpha value is -7.69. The van der Waals surface area contributed by atoms with E-state index in [1.165, 1.54) is 54.8 Å². The van der Waals surface area contributed by atoms with Gasteiger partial charge >= 0.3 is 0 Å². The van der Waals surface area contributed by atoms with Crippen molar-refractivity contribution in [2.75, 3.05) is 4.90 Å². The van der Waals surface area contributed by atoms with Crippen LogP contribution in [0.1, 0.15) is 25.0 Å². The average Bonchev–Trinajstić information content (AvgIpc) is 3.96. The topological polar surface area (TPSA) is 34.2 Å². The van der Waals surface area contributed by atoms with E-state index in [1.54, 1.807) is 0 Å². The number of hydrogen-bond donors (Lipinski definition) is 0. The number of hydrogen-bond acceptors (Lipinski definition) is 3. The van der Waals surface area contributed by atoms with Gasteiger partial charge in [0.05, 0.1) is 16.7 Å². The van der Waals surface area contributed by atoms with Gasteiger partial charge in [0.1, 0.15) is 5.52 Å². The normalized spacial score (nSPS) is 13.0. The van der Waals surface area contributed by atoms with Gasteiger partial charge in [-0.15, -0.1) is 0 Å². The van der Waals surface area contributed by atoms with Crippen molar-refractivity contribution in [3.05, 3.63) is 211 Å². The largest absolute Gasteiger partial charge is 0.434 e. The summed E-state index contributed by atoms with van der Waals surface area (Å²) >= 11 is 0. The SMILES string of the molecule is CC1(C)c2ccccc2-c2ccc(N(c3ccc(-c4ccc5c6ccc7ccccc7c6n(-c6ccccc6)c5c4)cc3)c3cccc4nc(-c5ccccc5)oc34)cc21. The summed E-state index contributed by atoms with van der Waals surface area (Å²) in [5.74, 6) is 0.607. The molecule has 0 radical (unpaired) electrons. The van der Waals surface area contributed by atoms with Crippen molar-refractivity contribution in [2.45, 2.75) is 19.3 Å².